The smallest absolute Gasteiger partial charge is 0.133 e. The van der Waals surface area contributed by atoms with E-state index in [0.29, 0.717) is 5.92 Å². The van der Waals surface area contributed by atoms with Gasteiger partial charge in [-0.25, -0.2) is 0 Å². The van der Waals surface area contributed by atoms with E-state index in [0.717, 1.165) is 64.0 Å². The summed E-state index contributed by atoms with van der Waals surface area (Å²) >= 11 is 0. The van der Waals surface area contributed by atoms with E-state index >= 15 is 0 Å². The predicted octanol–water partition coefficient (Wildman–Crippen LogP) is 5.58. The molecule has 0 saturated heterocycles. The fourth-order valence-electron chi connectivity index (χ4n) is 3.23. The maximum Gasteiger partial charge on any atom is 0.133 e. The third kappa shape index (κ3) is 7.26. The second-order valence-electron chi connectivity index (χ2n) is 6.63. The van der Waals surface area contributed by atoms with Crippen LogP contribution in [0.25, 0.3) is 0 Å². The van der Waals surface area contributed by atoms with Gasteiger partial charge in [-0.3, -0.25) is 0 Å². The molecular formula is C20H34O3. The first kappa shape index (κ1) is 19.8. The highest BCUT2D eigenvalue weighted by Crippen LogP contribution is 2.34. The lowest BCUT2D eigenvalue weighted by molar-refractivity contribution is 0.207. The molecule has 0 radical (unpaired) electrons. The van der Waals surface area contributed by atoms with Crippen molar-refractivity contribution in [2.24, 2.45) is 11.8 Å². The largest absolute Gasteiger partial charge is 0.512 e. The van der Waals surface area contributed by atoms with Crippen molar-refractivity contribution in [3.8, 4) is 0 Å². The highest BCUT2D eigenvalue weighted by atomic mass is 16.3. The number of aliphatic hydroxyl groups excluding tert-OH is 3. The molecule has 0 aromatic heterocycles. The second-order valence-corrected chi connectivity index (χ2v) is 6.63. The van der Waals surface area contributed by atoms with E-state index in [1.54, 1.807) is 0 Å². The van der Waals surface area contributed by atoms with E-state index < -0.39 is 0 Å². The van der Waals surface area contributed by atoms with Gasteiger partial charge >= 0.3 is 0 Å². The molecule has 0 aliphatic heterocycles. The van der Waals surface area contributed by atoms with Gasteiger partial charge in [-0.1, -0.05) is 56.9 Å². The molecule has 3 unspecified atom stereocenters. The van der Waals surface area contributed by atoms with Crippen molar-refractivity contribution in [1.29, 1.82) is 0 Å². The van der Waals surface area contributed by atoms with Crippen molar-refractivity contribution >= 4 is 0 Å². The molecule has 0 fully saturated rings. The van der Waals surface area contributed by atoms with Gasteiger partial charge < -0.3 is 15.3 Å². The van der Waals surface area contributed by atoms with Crippen molar-refractivity contribution < 1.29 is 15.3 Å². The summed E-state index contributed by atoms with van der Waals surface area (Å²) in [6.07, 6.45) is 15.8. The van der Waals surface area contributed by atoms with Gasteiger partial charge in [0.25, 0.3) is 0 Å². The lowest BCUT2D eigenvalue weighted by Gasteiger charge is -2.21. The summed E-state index contributed by atoms with van der Waals surface area (Å²) in [4.78, 5) is 0. The lowest BCUT2D eigenvalue weighted by atomic mass is 9.85. The molecule has 0 amide bonds. The molecule has 1 rings (SSSR count). The van der Waals surface area contributed by atoms with E-state index in [1.165, 1.54) is 5.57 Å². The van der Waals surface area contributed by atoms with Gasteiger partial charge in [0.2, 0.25) is 0 Å². The van der Waals surface area contributed by atoms with Crippen LogP contribution >= 0.6 is 0 Å². The van der Waals surface area contributed by atoms with Crippen LogP contribution in [0, 0.1) is 11.8 Å². The topological polar surface area (TPSA) is 60.7 Å². The predicted molar refractivity (Wildman–Crippen MR) is 96.5 cm³/mol. The first-order valence-electron chi connectivity index (χ1n) is 9.20. The Labute approximate surface area is 141 Å². The number of aliphatic hydroxyl groups is 3. The number of hydrogen-bond donors (Lipinski definition) is 3. The number of allylic oxidation sites excluding steroid dienone is 3. The zero-order chi connectivity index (χ0) is 17.1. The maximum atomic E-state index is 10.0. The van der Waals surface area contributed by atoms with Gasteiger partial charge in [-0.15, -0.1) is 0 Å². The van der Waals surface area contributed by atoms with Gasteiger partial charge in [0.1, 0.15) is 12.0 Å². The van der Waals surface area contributed by atoms with Crippen LogP contribution < -0.4 is 0 Å². The van der Waals surface area contributed by atoms with Gasteiger partial charge in [0.05, 0.1) is 6.10 Å². The van der Waals surface area contributed by atoms with Crippen LogP contribution in [0.5, 0.6) is 0 Å². The Morgan fingerprint density at radius 3 is 2.61 bits per heavy atom. The second kappa shape index (κ2) is 11.3. The van der Waals surface area contributed by atoms with Gasteiger partial charge in [0.15, 0.2) is 0 Å². The highest BCUT2D eigenvalue weighted by molar-refractivity contribution is 5.20. The zero-order valence-corrected chi connectivity index (χ0v) is 14.7. The Balaban J connectivity index is 2.61. The van der Waals surface area contributed by atoms with Crippen LogP contribution in [0.2, 0.25) is 0 Å². The zero-order valence-electron chi connectivity index (χ0n) is 14.7. The van der Waals surface area contributed by atoms with Crippen LogP contribution in [0.1, 0.15) is 71.6 Å². The fourth-order valence-corrected chi connectivity index (χ4v) is 3.23. The van der Waals surface area contributed by atoms with Crippen LogP contribution in [0.15, 0.2) is 35.8 Å². The molecule has 0 aromatic rings. The summed E-state index contributed by atoms with van der Waals surface area (Å²) in [5.74, 6) is 0.271. The molecule has 0 aromatic carbocycles. The Bertz CT molecular complexity index is 409. The molecule has 23 heavy (non-hydrogen) atoms. The third-order valence-corrected chi connectivity index (χ3v) is 4.78. The summed E-state index contributed by atoms with van der Waals surface area (Å²) in [5, 5.41) is 29.3. The molecule has 0 saturated carbocycles. The van der Waals surface area contributed by atoms with Gasteiger partial charge in [0, 0.05) is 5.92 Å². The van der Waals surface area contributed by atoms with Crippen molar-refractivity contribution in [2.45, 2.75) is 77.7 Å². The van der Waals surface area contributed by atoms with Crippen LogP contribution in [-0.4, -0.2) is 21.4 Å². The molecule has 132 valence electrons. The molecule has 0 spiro atoms. The average Bonchev–Trinajstić information content (AvgIpc) is 3.09. The van der Waals surface area contributed by atoms with E-state index in [9.17, 15) is 15.3 Å². The third-order valence-electron chi connectivity index (χ3n) is 4.78. The Morgan fingerprint density at radius 2 is 2.04 bits per heavy atom. The number of hydrogen-bond acceptors (Lipinski definition) is 3. The molecule has 3 nitrogen and oxygen atoms in total. The van der Waals surface area contributed by atoms with Crippen molar-refractivity contribution in [2.75, 3.05) is 0 Å². The quantitative estimate of drug-likeness (QED) is 0.264. The number of rotatable bonds is 11. The summed E-state index contributed by atoms with van der Waals surface area (Å²) in [6, 6.07) is 0. The van der Waals surface area contributed by atoms with E-state index in [4.69, 9.17) is 0 Å². The molecule has 1 aliphatic rings. The van der Waals surface area contributed by atoms with E-state index in [2.05, 4.69) is 26.0 Å². The molecule has 1 aliphatic carbocycles. The Hall–Kier alpha value is -1.22. The standard InChI is InChI=1S/C20H34O3/c1-3-5-6-11-18(22)13-12-16(4-2)14-19(20(23)15-21)17-9-7-8-10-17/h9,12-13,15-16,18-19,21-23H,3-8,10-11,14H2,1-2H3/b13-12+,20-15?. The summed E-state index contributed by atoms with van der Waals surface area (Å²) in [5.41, 5.74) is 1.24. The fraction of sp³-hybridized carbons (Fsp3) is 0.700. The minimum Gasteiger partial charge on any atom is -0.512 e. The van der Waals surface area contributed by atoms with Crippen molar-refractivity contribution in [3.63, 3.8) is 0 Å². The number of unbranched alkanes of at least 4 members (excludes halogenated alkanes) is 2. The highest BCUT2D eigenvalue weighted by Gasteiger charge is 2.23. The normalized spacial score (nSPS) is 19.8. The first-order valence-corrected chi connectivity index (χ1v) is 9.20. The maximum absolute atomic E-state index is 10.0. The molecule has 0 bridgehead atoms. The van der Waals surface area contributed by atoms with Gasteiger partial charge in [-0.2, -0.15) is 0 Å². The first-order chi connectivity index (χ1) is 11.1. The van der Waals surface area contributed by atoms with Crippen molar-refractivity contribution in [3.05, 3.63) is 35.8 Å². The molecular weight excluding hydrogens is 288 g/mol. The SMILES string of the molecule is CCCCCC(O)/C=C/C(CC)CC(C(O)=CO)C1=CCCC1. The summed E-state index contributed by atoms with van der Waals surface area (Å²) in [7, 11) is 0. The van der Waals surface area contributed by atoms with E-state index in [-0.39, 0.29) is 17.8 Å². The Kier molecular flexibility index (Phi) is 9.77. The summed E-state index contributed by atoms with van der Waals surface area (Å²) < 4.78 is 0. The van der Waals surface area contributed by atoms with Gasteiger partial charge in [-0.05, 0) is 44.4 Å². The summed E-state index contributed by atoms with van der Waals surface area (Å²) in [6.45, 7) is 4.28. The monoisotopic (exact) mass is 322 g/mol. The van der Waals surface area contributed by atoms with E-state index in [1.807, 2.05) is 6.08 Å². The van der Waals surface area contributed by atoms with Crippen molar-refractivity contribution in [1.82, 2.24) is 0 Å². The lowest BCUT2D eigenvalue weighted by Crippen LogP contribution is -2.13. The van der Waals surface area contributed by atoms with Crippen LogP contribution in [0.4, 0.5) is 0 Å². The molecule has 3 N–H and O–H groups in total. The molecule has 3 atom stereocenters. The molecule has 3 heteroatoms. The van der Waals surface area contributed by atoms with Crippen LogP contribution in [-0.2, 0) is 0 Å². The van der Waals surface area contributed by atoms with Crippen LogP contribution in [0.3, 0.4) is 0 Å². The minimum atomic E-state index is -0.373. The average molecular weight is 322 g/mol. The minimum absolute atomic E-state index is 0.0634. The Morgan fingerprint density at radius 1 is 1.26 bits per heavy atom. The molecule has 0 heterocycles.